The highest BCUT2D eigenvalue weighted by atomic mass is 16.2. The molecule has 1 atom stereocenters. The maximum atomic E-state index is 11.7. The van der Waals surface area contributed by atoms with E-state index in [-0.39, 0.29) is 24.3 Å². The number of nitrogens with one attached hydrogen (secondary N) is 2. The van der Waals surface area contributed by atoms with Crippen LogP contribution in [0.1, 0.15) is 44.0 Å². The van der Waals surface area contributed by atoms with Gasteiger partial charge >= 0.3 is 0 Å². The summed E-state index contributed by atoms with van der Waals surface area (Å²) in [7, 11) is 0. The van der Waals surface area contributed by atoms with Gasteiger partial charge < -0.3 is 5.32 Å². The summed E-state index contributed by atoms with van der Waals surface area (Å²) in [6.07, 6.45) is 1.06. The third-order valence-corrected chi connectivity index (χ3v) is 2.82. The fraction of sp³-hybridized carbons (Fsp3) is 0.400. The van der Waals surface area contributed by atoms with Gasteiger partial charge in [0.1, 0.15) is 0 Å². The Labute approximate surface area is 119 Å². The molecule has 5 heteroatoms. The number of rotatable bonds is 6. The Morgan fingerprint density at radius 1 is 1.25 bits per heavy atom. The number of benzene rings is 1. The highest BCUT2D eigenvalue weighted by Gasteiger charge is 2.08. The largest absolute Gasteiger partial charge is 0.353 e. The zero-order valence-electron chi connectivity index (χ0n) is 12.1. The van der Waals surface area contributed by atoms with Crippen molar-refractivity contribution < 1.29 is 9.59 Å². The van der Waals surface area contributed by atoms with Crippen LogP contribution in [0.25, 0.3) is 0 Å². The van der Waals surface area contributed by atoms with Crippen LogP contribution in [0.2, 0.25) is 0 Å². The molecule has 1 unspecified atom stereocenters. The average Bonchev–Trinajstić information content (AvgIpc) is 2.45. The monoisotopic (exact) mass is 275 g/mol. The molecule has 1 rings (SSSR count). The Morgan fingerprint density at radius 2 is 1.90 bits per heavy atom. The van der Waals surface area contributed by atoms with E-state index in [1.807, 2.05) is 19.9 Å². The summed E-state index contributed by atoms with van der Waals surface area (Å²) in [5, 5.41) is 6.78. The van der Waals surface area contributed by atoms with Gasteiger partial charge in [-0.1, -0.05) is 25.1 Å². The molecule has 0 heterocycles. The molecule has 0 aliphatic rings. The lowest BCUT2D eigenvalue weighted by Crippen LogP contribution is -2.33. The summed E-state index contributed by atoms with van der Waals surface area (Å²) in [5.74, 6) is -0.373. The first-order valence-electron chi connectivity index (χ1n) is 6.70. The highest BCUT2D eigenvalue weighted by Crippen LogP contribution is 1.98. The first-order chi connectivity index (χ1) is 9.52. The van der Waals surface area contributed by atoms with Crippen LogP contribution in [0.5, 0.6) is 0 Å². The molecule has 1 aromatic rings. The Kier molecular flexibility index (Phi) is 6.43. The van der Waals surface area contributed by atoms with E-state index in [1.54, 1.807) is 31.2 Å². The third kappa shape index (κ3) is 5.65. The summed E-state index contributed by atoms with van der Waals surface area (Å²) < 4.78 is 0. The maximum absolute atomic E-state index is 11.7. The average molecular weight is 275 g/mol. The molecular weight excluding hydrogens is 254 g/mol. The number of hydrogen-bond acceptors (Lipinski definition) is 3. The molecule has 108 valence electrons. The lowest BCUT2D eigenvalue weighted by atomic mass is 10.2. The fourth-order valence-corrected chi connectivity index (χ4v) is 1.50. The van der Waals surface area contributed by atoms with Crippen LogP contribution in [-0.4, -0.2) is 23.6 Å². The second-order valence-corrected chi connectivity index (χ2v) is 4.71. The normalized spacial score (nSPS) is 12.7. The van der Waals surface area contributed by atoms with Gasteiger partial charge in [0.05, 0.1) is 6.42 Å². The van der Waals surface area contributed by atoms with Crippen molar-refractivity contribution in [3.05, 3.63) is 35.9 Å². The Balaban J connectivity index is 2.46. The second-order valence-electron chi connectivity index (χ2n) is 4.71. The molecule has 20 heavy (non-hydrogen) atoms. The second kappa shape index (κ2) is 8.09. The van der Waals surface area contributed by atoms with Crippen LogP contribution in [-0.2, 0) is 4.79 Å². The van der Waals surface area contributed by atoms with Crippen molar-refractivity contribution in [2.45, 2.75) is 39.7 Å². The van der Waals surface area contributed by atoms with Crippen LogP contribution >= 0.6 is 0 Å². The first kappa shape index (κ1) is 15.9. The summed E-state index contributed by atoms with van der Waals surface area (Å²) >= 11 is 0. The van der Waals surface area contributed by atoms with E-state index < -0.39 is 0 Å². The van der Waals surface area contributed by atoms with Crippen LogP contribution in [0.15, 0.2) is 35.4 Å². The molecule has 0 spiro atoms. The molecule has 0 fully saturated rings. The smallest absolute Gasteiger partial charge is 0.271 e. The Bertz CT molecular complexity index is 483. The van der Waals surface area contributed by atoms with Gasteiger partial charge in [0.25, 0.3) is 5.91 Å². The van der Waals surface area contributed by atoms with E-state index in [9.17, 15) is 9.59 Å². The summed E-state index contributed by atoms with van der Waals surface area (Å²) in [6.45, 7) is 5.66. The minimum Gasteiger partial charge on any atom is -0.353 e. The first-order valence-corrected chi connectivity index (χ1v) is 6.70. The van der Waals surface area contributed by atoms with E-state index in [0.29, 0.717) is 11.3 Å². The van der Waals surface area contributed by atoms with Gasteiger partial charge in [-0.15, -0.1) is 0 Å². The predicted octanol–water partition coefficient (Wildman–Crippen LogP) is 2.10. The molecule has 0 aromatic heterocycles. The SMILES string of the molecule is CCC(C)NC(=O)C/C(C)=N\NC(=O)c1ccccc1. The Hall–Kier alpha value is -2.17. The van der Waals surface area contributed by atoms with Crippen LogP contribution in [0.4, 0.5) is 0 Å². The van der Waals surface area contributed by atoms with E-state index in [2.05, 4.69) is 15.8 Å². The Morgan fingerprint density at radius 3 is 2.50 bits per heavy atom. The molecule has 2 amide bonds. The minimum atomic E-state index is -0.285. The molecule has 0 saturated heterocycles. The lowest BCUT2D eigenvalue weighted by Gasteiger charge is -2.10. The summed E-state index contributed by atoms with van der Waals surface area (Å²) in [6, 6.07) is 8.96. The molecule has 0 saturated carbocycles. The van der Waals surface area contributed by atoms with Gasteiger partial charge in [0.15, 0.2) is 0 Å². The van der Waals surface area contributed by atoms with Gasteiger partial charge in [0, 0.05) is 17.3 Å². The molecule has 0 aliphatic heterocycles. The third-order valence-electron chi connectivity index (χ3n) is 2.82. The number of hydrogen-bond donors (Lipinski definition) is 2. The molecule has 0 aliphatic carbocycles. The highest BCUT2D eigenvalue weighted by molar-refractivity contribution is 6.01. The van der Waals surface area contributed by atoms with Crippen LogP contribution < -0.4 is 10.7 Å². The molecule has 1 aromatic carbocycles. The predicted molar refractivity (Wildman–Crippen MR) is 79.5 cm³/mol. The molecule has 0 bridgehead atoms. The van der Waals surface area contributed by atoms with Crippen molar-refractivity contribution in [2.24, 2.45) is 5.10 Å². The van der Waals surface area contributed by atoms with Gasteiger partial charge in [0.2, 0.25) is 5.91 Å². The molecular formula is C15H21N3O2. The van der Waals surface area contributed by atoms with Crippen LogP contribution in [0.3, 0.4) is 0 Å². The number of nitrogens with zero attached hydrogens (tertiary/aromatic N) is 1. The zero-order valence-corrected chi connectivity index (χ0v) is 12.1. The number of amides is 2. The van der Waals surface area contributed by atoms with E-state index in [1.165, 1.54) is 0 Å². The van der Waals surface area contributed by atoms with Crippen molar-refractivity contribution in [1.29, 1.82) is 0 Å². The number of hydrazone groups is 1. The van der Waals surface area contributed by atoms with Crippen molar-refractivity contribution in [2.75, 3.05) is 0 Å². The number of carbonyl (C=O) groups excluding carboxylic acids is 2. The van der Waals surface area contributed by atoms with Gasteiger partial charge in [-0.05, 0) is 32.4 Å². The van der Waals surface area contributed by atoms with Crippen molar-refractivity contribution in [3.8, 4) is 0 Å². The molecule has 5 nitrogen and oxygen atoms in total. The maximum Gasteiger partial charge on any atom is 0.271 e. The van der Waals surface area contributed by atoms with Gasteiger partial charge in [-0.3, -0.25) is 9.59 Å². The summed E-state index contributed by atoms with van der Waals surface area (Å²) in [5.41, 5.74) is 3.54. The standard InChI is InChI=1S/C15H21N3O2/c1-4-11(2)16-14(19)10-12(3)17-18-15(20)13-8-6-5-7-9-13/h5-9,11H,4,10H2,1-3H3,(H,16,19)(H,18,20)/b17-12-. The quantitative estimate of drug-likeness (QED) is 0.616. The topological polar surface area (TPSA) is 70.6 Å². The van der Waals surface area contributed by atoms with Gasteiger partial charge in [-0.25, -0.2) is 5.43 Å². The lowest BCUT2D eigenvalue weighted by molar-refractivity contribution is -0.120. The molecule has 0 radical (unpaired) electrons. The summed E-state index contributed by atoms with van der Waals surface area (Å²) in [4.78, 5) is 23.4. The van der Waals surface area contributed by atoms with Crippen molar-refractivity contribution in [1.82, 2.24) is 10.7 Å². The van der Waals surface area contributed by atoms with Gasteiger partial charge in [-0.2, -0.15) is 5.10 Å². The fourth-order valence-electron chi connectivity index (χ4n) is 1.50. The minimum absolute atomic E-state index is 0.0884. The van der Waals surface area contributed by atoms with E-state index >= 15 is 0 Å². The van der Waals surface area contributed by atoms with E-state index in [4.69, 9.17) is 0 Å². The van der Waals surface area contributed by atoms with Crippen LogP contribution in [0, 0.1) is 0 Å². The van der Waals surface area contributed by atoms with Crippen molar-refractivity contribution >= 4 is 17.5 Å². The molecule has 2 N–H and O–H groups in total. The van der Waals surface area contributed by atoms with E-state index in [0.717, 1.165) is 6.42 Å². The number of carbonyl (C=O) groups is 2. The van der Waals surface area contributed by atoms with Crippen molar-refractivity contribution in [3.63, 3.8) is 0 Å². The zero-order chi connectivity index (χ0) is 15.0.